The van der Waals surface area contributed by atoms with E-state index in [4.69, 9.17) is 10.5 Å². The van der Waals surface area contributed by atoms with Crippen LogP contribution in [0.2, 0.25) is 0 Å². The van der Waals surface area contributed by atoms with Crippen molar-refractivity contribution in [1.29, 1.82) is 0 Å². The van der Waals surface area contributed by atoms with Gasteiger partial charge in [0, 0.05) is 17.0 Å². The number of para-hydroxylation sites is 1. The second-order valence-electron chi connectivity index (χ2n) is 5.34. The van der Waals surface area contributed by atoms with Crippen molar-refractivity contribution in [3.05, 3.63) is 48.5 Å². The maximum atomic E-state index is 12.7. The van der Waals surface area contributed by atoms with E-state index in [0.717, 1.165) is 4.90 Å². The van der Waals surface area contributed by atoms with Crippen LogP contribution in [0.1, 0.15) is 13.3 Å². The minimum Gasteiger partial charge on any atom is -0.494 e. The molecule has 1 saturated heterocycles. The molecule has 0 aromatic heterocycles. The van der Waals surface area contributed by atoms with Crippen LogP contribution in [0.5, 0.6) is 5.75 Å². The Balaban J connectivity index is 1.77. The van der Waals surface area contributed by atoms with Crippen LogP contribution in [-0.4, -0.2) is 23.7 Å². The summed E-state index contributed by atoms with van der Waals surface area (Å²) in [5, 5.41) is -0.450. The second-order valence-corrected chi connectivity index (χ2v) is 6.59. The Morgan fingerprint density at radius 2 is 1.88 bits per heavy atom. The van der Waals surface area contributed by atoms with E-state index < -0.39 is 5.25 Å². The molecule has 2 aromatic rings. The fourth-order valence-corrected chi connectivity index (χ4v) is 3.67. The Bertz CT molecular complexity index is 761. The van der Waals surface area contributed by atoms with Crippen molar-refractivity contribution in [2.45, 2.75) is 23.5 Å². The van der Waals surface area contributed by atoms with Crippen molar-refractivity contribution in [2.24, 2.45) is 0 Å². The fourth-order valence-electron chi connectivity index (χ4n) is 2.57. The average Bonchev–Trinajstić information content (AvgIpc) is 2.85. The number of amides is 2. The van der Waals surface area contributed by atoms with Gasteiger partial charge in [-0.15, -0.1) is 11.8 Å². The van der Waals surface area contributed by atoms with Gasteiger partial charge in [-0.1, -0.05) is 12.1 Å². The van der Waals surface area contributed by atoms with E-state index in [1.54, 1.807) is 30.3 Å². The number of carbonyl (C=O) groups excluding carboxylic acids is 2. The lowest BCUT2D eigenvalue weighted by Crippen LogP contribution is -2.31. The van der Waals surface area contributed by atoms with Crippen LogP contribution in [-0.2, 0) is 9.59 Å². The summed E-state index contributed by atoms with van der Waals surface area (Å²) in [5.74, 6) is 0.303. The predicted octanol–water partition coefficient (Wildman–Crippen LogP) is 3.09. The molecule has 0 bridgehead atoms. The Morgan fingerprint density at radius 1 is 1.17 bits per heavy atom. The van der Waals surface area contributed by atoms with E-state index in [-0.39, 0.29) is 18.2 Å². The van der Waals surface area contributed by atoms with E-state index in [1.807, 2.05) is 25.1 Å². The minimum atomic E-state index is -0.450. The number of nitrogen functional groups attached to an aromatic ring is 1. The zero-order valence-corrected chi connectivity index (χ0v) is 14.1. The molecule has 2 N–H and O–H groups in total. The first-order valence-corrected chi connectivity index (χ1v) is 8.59. The van der Waals surface area contributed by atoms with Gasteiger partial charge in [0.25, 0.3) is 0 Å². The zero-order chi connectivity index (χ0) is 17.1. The van der Waals surface area contributed by atoms with Gasteiger partial charge in [-0.3, -0.25) is 9.59 Å². The van der Waals surface area contributed by atoms with Crippen molar-refractivity contribution in [3.8, 4) is 5.75 Å². The summed E-state index contributed by atoms with van der Waals surface area (Å²) < 4.78 is 5.38. The van der Waals surface area contributed by atoms with Crippen LogP contribution in [0.3, 0.4) is 0 Å². The highest BCUT2D eigenvalue weighted by molar-refractivity contribution is 8.00. The third-order valence-corrected chi connectivity index (χ3v) is 4.98. The highest BCUT2D eigenvalue weighted by atomic mass is 32.2. The summed E-state index contributed by atoms with van der Waals surface area (Å²) in [6.45, 7) is 2.47. The lowest BCUT2D eigenvalue weighted by atomic mass is 10.3. The fraction of sp³-hybridized carbons (Fsp3) is 0.222. The standard InChI is InChI=1S/C18H18N2O3S/c1-2-23-13-9-7-12(8-10-13)20-17(21)11-16(18(20)22)24-15-6-4-3-5-14(15)19/h3-10,16H,2,11,19H2,1H3. The molecule has 0 saturated carbocycles. The Morgan fingerprint density at radius 3 is 2.54 bits per heavy atom. The van der Waals surface area contributed by atoms with E-state index in [0.29, 0.717) is 23.7 Å². The number of ether oxygens (including phenoxy) is 1. The lowest BCUT2D eigenvalue weighted by molar-refractivity contribution is -0.121. The summed E-state index contributed by atoms with van der Waals surface area (Å²) in [4.78, 5) is 27.0. The molecule has 5 nitrogen and oxygen atoms in total. The predicted molar refractivity (Wildman–Crippen MR) is 95.2 cm³/mol. The number of nitrogens with two attached hydrogens (primary N) is 1. The zero-order valence-electron chi connectivity index (χ0n) is 13.3. The molecule has 1 aliphatic heterocycles. The molecule has 0 aliphatic carbocycles. The number of hydrogen-bond donors (Lipinski definition) is 1. The number of benzene rings is 2. The van der Waals surface area contributed by atoms with Gasteiger partial charge in [0.15, 0.2) is 0 Å². The molecule has 1 atom stereocenters. The van der Waals surface area contributed by atoms with Crippen LogP contribution >= 0.6 is 11.8 Å². The number of imide groups is 1. The molecule has 3 rings (SSSR count). The molecule has 0 radical (unpaired) electrons. The van der Waals surface area contributed by atoms with E-state index >= 15 is 0 Å². The first-order valence-electron chi connectivity index (χ1n) is 7.71. The molecule has 2 amide bonds. The quantitative estimate of drug-likeness (QED) is 0.668. The lowest BCUT2D eigenvalue weighted by Gasteiger charge is -2.15. The number of thioether (sulfide) groups is 1. The normalized spacial score (nSPS) is 17.4. The summed E-state index contributed by atoms with van der Waals surface area (Å²) in [6.07, 6.45) is 0.172. The Hall–Kier alpha value is -2.47. The molecular weight excluding hydrogens is 324 g/mol. The van der Waals surface area contributed by atoms with Crippen LogP contribution in [0, 0.1) is 0 Å². The first-order chi connectivity index (χ1) is 11.6. The first kappa shape index (κ1) is 16.4. The maximum absolute atomic E-state index is 12.7. The number of nitrogens with zero attached hydrogens (tertiary/aromatic N) is 1. The summed E-state index contributed by atoms with van der Waals surface area (Å²) in [7, 11) is 0. The Kier molecular flexibility index (Phi) is 4.76. The third kappa shape index (κ3) is 3.23. The van der Waals surface area contributed by atoms with Crippen LogP contribution in [0.25, 0.3) is 0 Å². The molecule has 2 aromatic carbocycles. The number of hydrogen-bond acceptors (Lipinski definition) is 5. The summed E-state index contributed by atoms with van der Waals surface area (Å²) in [5.41, 5.74) is 7.11. The average molecular weight is 342 g/mol. The largest absolute Gasteiger partial charge is 0.494 e. The molecule has 6 heteroatoms. The van der Waals surface area contributed by atoms with Crippen molar-refractivity contribution in [1.82, 2.24) is 0 Å². The van der Waals surface area contributed by atoms with Crippen molar-refractivity contribution in [3.63, 3.8) is 0 Å². The van der Waals surface area contributed by atoms with Crippen molar-refractivity contribution >= 4 is 35.0 Å². The molecule has 24 heavy (non-hydrogen) atoms. The molecule has 1 heterocycles. The smallest absolute Gasteiger partial charge is 0.247 e. The highest BCUT2D eigenvalue weighted by Gasteiger charge is 2.40. The van der Waals surface area contributed by atoms with E-state index in [1.165, 1.54) is 16.7 Å². The van der Waals surface area contributed by atoms with Gasteiger partial charge in [0.2, 0.25) is 11.8 Å². The van der Waals surface area contributed by atoms with Gasteiger partial charge in [0.05, 0.1) is 17.5 Å². The van der Waals surface area contributed by atoms with Crippen molar-refractivity contribution in [2.75, 3.05) is 17.2 Å². The van der Waals surface area contributed by atoms with Gasteiger partial charge >= 0.3 is 0 Å². The van der Waals surface area contributed by atoms with Crippen molar-refractivity contribution < 1.29 is 14.3 Å². The van der Waals surface area contributed by atoms with E-state index in [9.17, 15) is 9.59 Å². The van der Waals surface area contributed by atoms with E-state index in [2.05, 4.69) is 0 Å². The van der Waals surface area contributed by atoms with Crippen LogP contribution < -0.4 is 15.4 Å². The second kappa shape index (κ2) is 6.97. The van der Waals surface area contributed by atoms with Crippen LogP contribution in [0.4, 0.5) is 11.4 Å². The molecule has 1 unspecified atom stereocenters. The summed E-state index contributed by atoms with van der Waals surface area (Å²) in [6, 6.07) is 14.3. The molecule has 1 fully saturated rings. The Labute approximate surface area is 144 Å². The minimum absolute atomic E-state index is 0.172. The van der Waals surface area contributed by atoms with Gasteiger partial charge in [-0.05, 0) is 43.3 Å². The molecule has 0 spiro atoms. The monoisotopic (exact) mass is 342 g/mol. The number of rotatable bonds is 5. The molecular formula is C18H18N2O3S. The summed E-state index contributed by atoms with van der Waals surface area (Å²) >= 11 is 1.34. The van der Waals surface area contributed by atoms with Crippen LogP contribution in [0.15, 0.2) is 53.4 Å². The van der Waals surface area contributed by atoms with Gasteiger partial charge in [-0.25, -0.2) is 4.90 Å². The number of anilines is 2. The number of carbonyl (C=O) groups is 2. The molecule has 1 aliphatic rings. The SMILES string of the molecule is CCOc1ccc(N2C(=O)CC(Sc3ccccc3N)C2=O)cc1. The topological polar surface area (TPSA) is 72.6 Å². The van der Waals surface area contributed by atoms with Gasteiger partial charge < -0.3 is 10.5 Å². The third-order valence-electron chi connectivity index (χ3n) is 3.70. The van der Waals surface area contributed by atoms with Gasteiger partial charge in [-0.2, -0.15) is 0 Å². The molecule has 124 valence electrons. The maximum Gasteiger partial charge on any atom is 0.247 e. The highest BCUT2D eigenvalue weighted by Crippen LogP contribution is 2.36. The van der Waals surface area contributed by atoms with Gasteiger partial charge in [0.1, 0.15) is 5.75 Å².